The minimum atomic E-state index is -0.220. The number of ether oxygens (including phenoxy) is 2. The molecule has 98 valence electrons. The molecule has 1 fully saturated rings. The molecular weight excluding hydrogens is 228 g/mol. The highest BCUT2D eigenvalue weighted by Gasteiger charge is 2.31. The lowest BCUT2D eigenvalue weighted by Crippen LogP contribution is -2.33. The predicted octanol–water partition coefficient (Wildman–Crippen LogP) is 3.41. The molecule has 18 heavy (non-hydrogen) atoms. The van der Waals surface area contributed by atoms with Gasteiger partial charge in [0.2, 0.25) is 0 Å². The molecule has 0 aliphatic carbocycles. The first-order chi connectivity index (χ1) is 8.72. The topological polar surface area (TPSA) is 38.7 Å². The molecule has 0 aromatic heterocycles. The Morgan fingerprint density at radius 1 is 1.39 bits per heavy atom. The van der Waals surface area contributed by atoms with Crippen molar-refractivity contribution in [3.8, 4) is 5.75 Å². The normalized spacial score (nSPS) is 28.7. The zero-order valence-corrected chi connectivity index (χ0v) is 10.9. The van der Waals surface area contributed by atoms with E-state index in [-0.39, 0.29) is 18.3 Å². The second-order valence-electron chi connectivity index (χ2n) is 4.66. The summed E-state index contributed by atoms with van der Waals surface area (Å²) in [6.07, 6.45) is 4.44. The summed E-state index contributed by atoms with van der Waals surface area (Å²) in [5.74, 6) is 0.529. The summed E-state index contributed by atoms with van der Waals surface area (Å²) in [5, 5.41) is 9.91. The van der Waals surface area contributed by atoms with Crippen LogP contribution in [0, 0.1) is 5.92 Å². The zero-order valence-electron chi connectivity index (χ0n) is 10.9. The number of hydrogen-bond acceptors (Lipinski definition) is 3. The van der Waals surface area contributed by atoms with Crippen molar-refractivity contribution in [3.63, 3.8) is 0 Å². The fourth-order valence-corrected chi connectivity index (χ4v) is 2.16. The van der Waals surface area contributed by atoms with E-state index in [0.29, 0.717) is 12.4 Å². The number of benzene rings is 1. The molecule has 2 rings (SSSR count). The van der Waals surface area contributed by atoms with Gasteiger partial charge in [-0.05, 0) is 13.0 Å². The predicted molar refractivity (Wildman–Crippen MR) is 70.3 cm³/mol. The quantitative estimate of drug-likeness (QED) is 0.833. The summed E-state index contributed by atoms with van der Waals surface area (Å²) in [7, 11) is 0. The molecule has 3 atom stereocenters. The second kappa shape index (κ2) is 6.03. The molecule has 1 N–H and O–H groups in total. The van der Waals surface area contributed by atoms with Gasteiger partial charge in [0.1, 0.15) is 5.75 Å². The average Bonchev–Trinajstić information content (AvgIpc) is 2.39. The Hall–Kier alpha value is -1.32. The van der Waals surface area contributed by atoms with E-state index in [4.69, 9.17) is 9.47 Å². The first kappa shape index (κ1) is 13.1. The standard InChI is InChI=1S/C15H20O3/c1-3-4-9-14-17-10-11(2)15(18-14)12-7-5-6-8-13(12)16/h3-8,11,14-16H,9-10H2,1-2H3/b4-3+/t11-,14?,15+/m1/s1. The van der Waals surface area contributed by atoms with Gasteiger partial charge in [-0.3, -0.25) is 0 Å². The van der Waals surface area contributed by atoms with E-state index < -0.39 is 0 Å². The van der Waals surface area contributed by atoms with Crippen LogP contribution in [0.15, 0.2) is 36.4 Å². The van der Waals surface area contributed by atoms with Crippen molar-refractivity contribution < 1.29 is 14.6 Å². The number of allylic oxidation sites excluding steroid dienone is 1. The van der Waals surface area contributed by atoms with Crippen LogP contribution in [-0.4, -0.2) is 18.0 Å². The van der Waals surface area contributed by atoms with E-state index in [1.807, 2.05) is 37.3 Å². The van der Waals surface area contributed by atoms with E-state index >= 15 is 0 Å². The SMILES string of the molecule is C/C=C/CC1OC[C@@H](C)[C@@H](c2ccccc2O)O1. The highest BCUT2D eigenvalue weighted by atomic mass is 16.7. The molecule has 1 aromatic carbocycles. The van der Waals surface area contributed by atoms with E-state index in [9.17, 15) is 5.11 Å². The van der Waals surface area contributed by atoms with Crippen molar-refractivity contribution in [2.24, 2.45) is 5.92 Å². The van der Waals surface area contributed by atoms with Crippen LogP contribution in [0.2, 0.25) is 0 Å². The summed E-state index contributed by atoms with van der Waals surface area (Å²) in [6, 6.07) is 7.35. The molecule has 1 aliphatic rings. The van der Waals surface area contributed by atoms with Crippen molar-refractivity contribution in [1.82, 2.24) is 0 Å². The molecule has 0 spiro atoms. The Morgan fingerprint density at radius 3 is 2.89 bits per heavy atom. The second-order valence-corrected chi connectivity index (χ2v) is 4.66. The highest BCUT2D eigenvalue weighted by Crippen LogP contribution is 2.36. The van der Waals surface area contributed by atoms with Gasteiger partial charge in [-0.2, -0.15) is 0 Å². The van der Waals surface area contributed by atoms with Crippen molar-refractivity contribution >= 4 is 0 Å². The largest absolute Gasteiger partial charge is 0.508 e. The molecule has 3 nitrogen and oxygen atoms in total. The Morgan fingerprint density at radius 2 is 2.17 bits per heavy atom. The molecule has 1 saturated heterocycles. The van der Waals surface area contributed by atoms with Gasteiger partial charge in [0.05, 0.1) is 12.7 Å². The monoisotopic (exact) mass is 248 g/mol. The van der Waals surface area contributed by atoms with Gasteiger partial charge in [-0.25, -0.2) is 0 Å². The highest BCUT2D eigenvalue weighted by molar-refractivity contribution is 5.34. The van der Waals surface area contributed by atoms with Gasteiger partial charge in [-0.15, -0.1) is 0 Å². The minimum absolute atomic E-state index is 0.102. The van der Waals surface area contributed by atoms with Gasteiger partial charge < -0.3 is 14.6 Å². The average molecular weight is 248 g/mol. The molecule has 0 amide bonds. The van der Waals surface area contributed by atoms with Crippen LogP contribution in [0.4, 0.5) is 0 Å². The van der Waals surface area contributed by atoms with Crippen molar-refractivity contribution in [2.75, 3.05) is 6.61 Å². The minimum Gasteiger partial charge on any atom is -0.508 e. The van der Waals surface area contributed by atoms with Gasteiger partial charge in [0.15, 0.2) is 6.29 Å². The van der Waals surface area contributed by atoms with Crippen molar-refractivity contribution in [2.45, 2.75) is 32.7 Å². The maximum Gasteiger partial charge on any atom is 0.161 e. The first-order valence-electron chi connectivity index (χ1n) is 6.38. The fourth-order valence-electron chi connectivity index (χ4n) is 2.16. The number of phenolic OH excluding ortho intramolecular Hbond substituents is 1. The van der Waals surface area contributed by atoms with Gasteiger partial charge in [0.25, 0.3) is 0 Å². The Balaban J connectivity index is 2.13. The number of phenols is 1. The van der Waals surface area contributed by atoms with E-state index in [2.05, 4.69) is 6.92 Å². The smallest absolute Gasteiger partial charge is 0.161 e. The number of rotatable bonds is 3. The lowest BCUT2D eigenvalue weighted by Gasteiger charge is -2.35. The number of hydrogen-bond donors (Lipinski definition) is 1. The molecule has 1 aliphatic heterocycles. The van der Waals surface area contributed by atoms with Gasteiger partial charge in [-0.1, -0.05) is 37.3 Å². The Kier molecular flexibility index (Phi) is 4.39. The molecule has 0 radical (unpaired) electrons. The van der Waals surface area contributed by atoms with E-state index in [1.54, 1.807) is 6.07 Å². The fraction of sp³-hybridized carbons (Fsp3) is 0.467. The van der Waals surface area contributed by atoms with Crippen LogP contribution in [0.25, 0.3) is 0 Å². The maximum atomic E-state index is 9.91. The Labute approximate surface area is 108 Å². The van der Waals surface area contributed by atoms with Gasteiger partial charge in [0, 0.05) is 17.9 Å². The molecule has 1 aromatic rings. The third-order valence-corrected chi connectivity index (χ3v) is 3.17. The summed E-state index contributed by atoms with van der Waals surface area (Å²) in [4.78, 5) is 0. The van der Waals surface area contributed by atoms with E-state index in [0.717, 1.165) is 12.0 Å². The lowest BCUT2D eigenvalue weighted by atomic mass is 9.96. The Bertz CT molecular complexity index is 414. The van der Waals surface area contributed by atoms with Crippen LogP contribution >= 0.6 is 0 Å². The third-order valence-electron chi connectivity index (χ3n) is 3.17. The summed E-state index contributed by atoms with van der Waals surface area (Å²) in [5.41, 5.74) is 0.846. The summed E-state index contributed by atoms with van der Waals surface area (Å²) >= 11 is 0. The molecule has 3 heteroatoms. The van der Waals surface area contributed by atoms with E-state index in [1.165, 1.54) is 0 Å². The first-order valence-corrected chi connectivity index (χ1v) is 6.38. The molecular formula is C15H20O3. The van der Waals surface area contributed by atoms with Gasteiger partial charge >= 0.3 is 0 Å². The summed E-state index contributed by atoms with van der Waals surface area (Å²) in [6.45, 7) is 4.70. The summed E-state index contributed by atoms with van der Waals surface area (Å²) < 4.78 is 11.6. The van der Waals surface area contributed by atoms with Crippen LogP contribution in [0.5, 0.6) is 5.75 Å². The van der Waals surface area contributed by atoms with Crippen LogP contribution < -0.4 is 0 Å². The zero-order chi connectivity index (χ0) is 13.0. The van der Waals surface area contributed by atoms with Crippen LogP contribution in [0.3, 0.4) is 0 Å². The molecule has 0 bridgehead atoms. The number of para-hydroxylation sites is 1. The van der Waals surface area contributed by atoms with Crippen LogP contribution in [0.1, 0.15) is 31.9 Å². The molecule has 1 heterocycles. The molecule has 0 saturated carbocycles. The molecule has 1 unspecified atom stereocenters. The maximum absolute atomic E-state index is 9.91. The number of aromatic hydroxyl groups is 1. The third kappa shape index (κ3) is 2.92. The van der Waals surface area contributed by atoms with Crippen molar-refractivity contribution in [1.29, 1.82) is 0 Å². The lowest BCUT2D eigenvalue weighted by molar-refractivity contribution is -0.234. The van der Waals surface area contributed by atoms with Crippen molar-refractivity contribution in [3.05, 3.63) is 42.0 Å². The van der Waals surface area contributed by atoms with Crippen LogP contribution in [-0.2, 0) is 9.47 Å².